The molecule has 3 saturated heterocycles. The van der Waals surface area contributed by atoms with Gasteiger partial charge >= 0.3 is 0 Å². The smallest absolute Gasteiger partial charge is 0.222 e. The normalized spacial score (nSPS) is 26.5. The molecule has 1 aromatic heterocycles. The topological polar surface area (TPSA) is 69.6 Å². The van der Waals surface area contributed by atoms with E-state index in [0.717, 1.165) is 63.5 Å². The Bertz CT molecular complexity index is 722. The molecule has 152 valence electrons. The first kappa shape index (κ1) is 19.3. The van der Waals surface area contributed by atoms with Crippen LogP contribution in [0.2, 0.25) is 0 Å². The third-order valence-corrected chi connectivity index (χ3v) is 6.53. The zero-order chi connectivity index (χ0) is 19.6. The first-order valence-electron chi connectivity index (χ1n) is 10.6. The van der Waals surface area contributed by atoms with E-state index in [1.54, 1.807) is 12.4 Å². The van der Waals surface area contributed by atoms with Crippen molar-refractivity contribution in [3.05, 3.63) is 23.8 Å². The van der Waals surface area contributed by atoms with E-state index in [4.69, 9.17) is 0 Å². The Morgan fingerprint density at radius 1 is 0.929 bits per heavy atom. The van der Waals surface area contributed by atoms with Gasteiger partial charge in [-0.15, -0.1) is 0 Å². The molecule has 0 radical (unpaired) electrons. The van der Waals surface area contributed by atoms with Crippen LogP contribution in [0.15, 0.2) is 12.4 Å². The summed E-state index contributed by atoms with van der Waals surface area (Å²) in [6.45, 7) is 8.11. The molecule has 0 aromatic carbocycles. The second kappa shape index (κ2) is 8.15. The predicted molar refractivity (Wildman–Crippen MR) is 105 cm³/mol. The Kier molecular flexibility index (Phi) is 5.62. The Balaban J connectivity index is 1.36. The number of aromatic nitrogens is 2. The van der Waals surface area contributed by atoms with E-state index in [2.05, 4.69) is 14.9 Å². The summed E-state index contributed by atoms with van der Waals surface area (Å²) in [5.41, 5.74) is 1.93. The van der Waals surface area contributed by atoms with E-state index in [-0.39, 0.29) is 11.3 Å². The summed E-state index contributed by atoms with van der Waals surface area (Å²) >= 11 is 0. The van der Waals surface area contributed by atoms with Gasteiger partial charge in [0.25, 0.3) is 0 Å². The summed E-state index contributed by atoms with van der Waals surface area (Å²) in [6, 6.07) is 0. The lowest BCUT2D eigenvalue weighted by Crippen LogP contribution is -2.54. The van der Waals surface area contributed by atoms with Crippen LogP contribution in [-0.2, 0) is 16.1 Å². The van der Waals surface area contributed by atoms with Crippen molar-refractivity contribution in [3.63, 3.8) is 0 Å². The zero-order valence-electron chi connectivity index (χ0n) is 16.9. The van der Waals surface area contributed by atoms with Gasteiger partial charge in [-0.3, -0.25) is 19.6 Å². The van der Waals surface area contributed by atoms with Gasteiger partial charge in [0.2, 0.25) is 11.8 Å². The molecule has 28 heavy (non-hydrogen) atoms. The Morgan fingerprint density at radius 2 is 1.79 bits per heavy atom. The summed E-state index contributed by atoms with van der Waals surface area (Å²) in [5, 5.41) is 0. The lowest BCUT2D eigenvalue weighted by atomic mass is 9.73. The standard InChI is InChI=1S/C21H31N5O2/c1-17-12-23-18(13-22-17)14-26-16-21(7-5-20(26)28)6-3-8-24(15-21)10-11-25-9-2-4-19(25)27/h12-13H,2-11,14-16H2,1H3/t21-/m0/s1. The van der Waals surface area contributed by atoms with E-state index in [0.29, 0.717) is 25.3 Å². The molecule has 7 heteroatoms. The molecular weight excluding hydrogens is 354 g/mol. The van der Waals surface area contributed by atoms with E-state index in [9.17, 15) is 9.59 Å². The molecule has 1 atom stereocenters. The van der Waals surface area contributed by atoms with Crippen molar-refractivity contribution >= 4 is 11.8 Å². The van der Waals surface area contributed by atoms with Gasteiger partial charge in [0.15, 0.2) is 0 Å². The molecule has 0 saturated carbocycles. The third kappa shape index (κ3) is 4.35. The van der Waals surface area contributed by atoms with Crippen LogP contribution in [0.25, 0.3) is 0 Å². The molecule has 3 aliphatic heterocycles. The second-order valence-corrected chi connectivity index (χ2v) is 8.76. The minimum absolute atomic E-state index is 0.180. The van der Waals surface area contributed by atoms with Gasteiger partial charge in [-0.1, -0.05) is 0 Å². The van der Waals surface area contributed by atoms with Crippen LogP contribution < -0.4 is 0 Å². The fourth-order valence-electron chi connectivity index (χ4n) is 4.98. The van der Waals surface area contributed by atoms with E-state index in [1.807, 2.05) is 16.7 Å². The molecule has 3 aliphatic rings. The number of hydrogen-bond acceptors (Lipinski definition) is 5. The molecule has 2 amide bonds. The quantitative estimate of drug-likeness (QED) is 0.770. The van der Waals surface area contributed by atoms with Crippen molar-refractivity contribution in [2.75, 3.05) is 39.3 Å². The first-order valence-corrected chi connectivity index (χ1v) is 10.6. The van der Waals surface area contributed by atoms with Crippen LogP contribution in [0.4, 0.5) is 0 Å². The number of rotatable bonds is 5. The van der Waals surface area contributed by atoms with Crippen LogP contribution in [0.5, 0.6) is 0 Å². The van der Waals surface area contributed by atoms with Gasteiger partial charge < -0.3 is 14.7 Å². The molecular formula is C21H31N5O2. The number of hydrogen-bond donors (Lipinski definition) is 0. The lowest BCUT2D eigenvalue weighted by Gasteiger charge is -2.48. The molecule has 3 fully saturated rings. The molecule has 0 N–H and O–H groups in total. The summed E-state index contributed by atoms with van der Waals surface area (Å²) < 4.78 is 0. The maximum atomic E-state index is 12.5. The molecule has 1 aromatic rings. The average molecular weight is 386 g/mol. The van der Waals surface area contributed by atoms with Crippen molar-refractivity contribution in [3.8, 4) is 0 Å². The Labute approximate surface area is 167 Å². The molecule has 0 aliphatic carbocycles. The van der Waals surface area contributed by atoms with Crippen LogP contribution in [0.3, 0.4) is 0 Å². The number of carbonyl (C=O) groups excluding carboxylic acids is 2. The van der Waals surface area contributed by atoms with Gasteiger partial charge in [0.1, 0.15) is 0 Å². The summed E-state index contributed by atoms with van der Waals surface area (Å²) in [4.78, 5) is 39.6. The predicted octanol–water partition coefficient (Wildman–Crippen LogP) is 1.61. The van der Waals surface area contributed by atoms with Crippen LogP contribution in [0.1, 0.15) is 49.9 Å². The molecule has 4 rings (SSSR count). The number of likely N-dealkylation sites (tertiary alicyclic amines) is 3. The highest BCUT2D eigenvalue weighted by molar-refractivity contribution is 5.78. The number of piperidine rings is 2. The molecule has 1 spiro atoms. The van der Waals surface area contributed by atoms with Crippen molar-refractivity contribution in [1.29, 1.82) is 0 Å². The maximum absolute atomic E-state index is 12.5. The van der Waals surface area contributed by atoms with Gasteiger partial charge in [-0.2, -0.15) is 0 Å². The molecule has 4 heterocycles. The molecule has 7 nitrogen and oxygen atoms in total. The van der Waals surface area contributed by atoms with Crippen molar-refractivity contribution in [1.82, 2.24) is 24.7 Å². The van der Waals surface area contributed by atoms with Crippen molar-refractivity contribution in [2.45, 2.75) is 52.0 Å². The van der Waals surface area contributed by atoms with E-state index < -0.39 is 0 Å². The number of nitrogens with zero attached hydrogens (tertiary/aromatic N) is 5. The Morgan fingerprint density at radius 3 is 2.54 bits per heavy atom. The summed E-state index contributed by atoms with van der Waals surface area (Å²) in [7, 11) is 0. The Hall–Kier alpha value is -2.02. The number of amides is 2. The minimum atomic E-state index is 0.180. The second-order valence-electron chi connectivity index (χ2n) is 8.76. The van der Waals surface area contributed by atoms with Crippen LogP contribution in [-0.4, -0.2) is 75.8 Å². The highest BCUT2D eigenvalue weighted by atomic mass is 16.2. The van der Waals surface area contributed by atoms with E-state index in [1.165, 1.54) is 12.8 Å². The number of carbonyl (C=O) groups is 2. The maximum Gasteiger partial charge on any atom is 0.222 e. The van der Waals surface area contributed by atoms with Crippen LogP contribution in [0, 0.1) is 12.3 Å². The highest BCUT2D eigenvalue weighted by Gasteiger charge is 2.41. The van der Waals surface area contributed by atoms with Gasteiger partial charge in [-0.05, 0) is 39.2 Å². The largest absolute Gasteiger partial charge is 0.341 e. The summed E-state index contributed by atoms with van der Waals surface area (Å²) in [6.07, 6.45) is 9.20. The summed E-state index contributed by atoms with van der Waals surface area (Å²) in [5.74, 6) is 0.535. The fraction of sp³-hybridized carbons (Fsp3) is 0.714. The lowest BCUT2D eigenvalue weighted by molar-refractivity contribution is -0.140. The average Bonchev–Trinajstić information content (AvgIpc) is 3.10. The van der Waals surface area contributed by atoms with Gasteiger partial charge in [-0.25, -0.2) is 0 Å². The number of aryl methyl sites for hydroxylation is 1. The third-order valence-electron chi connectivity index (χ3n) is 6.53. The fourth-order valence-corrected chi connectivity index (χ4v) is 4.98. The molecule has 0 bridgehead atoms. The van der Waals surface area contributed by atoms with Gasteiger partial charge in [0, 0.05) is 57.2 Å². The SMILES string of the molecule is Cc1cnc(CN2C[C@@]3(CCCN(CCN4CCCC4=O)C3)CCC2=O)cn1. The van der Waals surface area contributed by atoms with E-state index >= 15 is 0 Å². The monoisotopic (exact) mass is 385 g/mol. The van der Waals surface area contributed by atoms with Crippen molar-refractivity contribution in [2.24, 2.45) is 5.41 Å². The minimum Gasteiger partial charge on any atom is -0.341 e. The zero-order valence-corrected chi connectivity index (χ0v) is 16.9. The highest BCUT2D eigenvalue weighted by Crippen LogP contribution is 2.39. The van der Waals surface area contributed by atoms with Crippen LogP contribution >= 0.6 is 0 Å². The van der Waals surface area contributed by atoms with Gasteiger partial charge in [0.05, 0.1) is 24.1 Å². The molecule has 0 unspecified atom stereocenters. The van der Waals surface area contributed by atoms with Crippen molar-refractivity contribution < 1.29 is 9.59 Å². The first-order chi connectivity index (χ1) is 13.5.